The number of carbonyl (C=O) groups is 1. The highest BCUT2D eigenvalue weighted by atomic mass is 35.5. The molecule has 0 aliphatic rings. The predicted molar refractivity (Wildman–Crippen MR) is 123 cm³/mol. The maximum atomic E-state index is 12.4. The van der Waals surface area contributed by atoms with Crippen molar-refractivity contribution in [1.29, 1.82) is 0 Å². The average molecular weight is 440 g/mol. The molecule has 1 aromatic heterocycles. The van der Waals surface area contributed by atoms with Crippen molar-refractivity contribution in [3.8, 4) is 0 Å². The molecule has 2 rings (SSSR count). The van der Waals surface area contributed by atoms with E-state index in [0.29, 0.717) is 22.0 Å². The molecule has 0 aliphatic carbocycles. The molecule has 0 amide bonds. The second-order valence-electron chi connectivity index (χ2n) is 5.61. The fourth-order valence-electron chi connectivity index (χ4n) is 2.18. The zero-order valence-electron chi connectivity index (χ0n) is 16.5. The van der Waals surface area contributed by atoms with Gasteiger partial charge in [-0.3, -0.25) is 14.6 Å². The fourth-order valence-corrected chi connectivity index (χ4v) is 3.48. The number of hydrogen-bond donors (Lipinski definition) is 3. The lowest BCUT2D eigenvalue weighted by atomic mass is 10.1. The number of aromatic amines is 2. The third-order valence-corrected chi connectivity index (χ3v) is 4.93. The largest absolute Gasteiger partial charge is 0.345 e. The van der Waals surface area contributed by atoms with E-state index in [4.69, 9.17) is 23.8 Å². The number of halogens is 1. The summed E-state index contributed by atoms with van der Waals surface area (Å²) in [5.41, 5.74) is 1.31. The molecule has 2 aromatic rings. The topological polar surface area (TPSA) is 77.8 Å². The Morgan fingerprint density at radius 3 is 2.64 bits per heavy atom. The summed E-state index contributed by atoms with van der Waals surface area (Å²) in [6.45, 7) is 7.83. The summed E-state index contributed by atoms with van der Waals surface area (Å²) in [7, 11) is 0. The summed E-state index contributed by atoms with van der Waals surface area (Å²) in [5.74, 6) is 0.211. The van der Waals surface area contributed by atoms with Crippen molar-refractivity contribution >= 4 is 47.1 Å². The Hall–Kier alpha value is -1.83. The molecule has 1 aromatic carbocycles. The van der Waals surface area contributed by atoms with Crippen LogP contribution >= 0.6 is 35.6 Å². The molecule has 0 fully saturated rings. The van der Waals surface area contributed by atoms with Gasteiger partial charge in [0.15, 0.2) is 10.6 Å². The van der Waals surface area contributed by atoms with Crippen LogP contribution in [0.3, 0.4) is 0 Å². The van der Waals surface area contributed by atoms with Gasteiger partial charge in [-0.15, -0.1) is 11.8 Å². The monoisotopic (exact) mass is 439 g/mol. The van der Waals surface area contributed by atoms with Crippen LogP contribution in [0.1, 0.15) is 49.7 Å². The van der Waals surface area contributed by atoms with Gasteiger partial charge in [-0.1, -0.05) is 57.0 Å². The summed E-state index contributed by atoms with van der Waals surface area (Å²) >= 11 is 12.3. The van der Waals surface area contributed by atoms with Crippen molar-refractivity contribution in [2.75, 3.05) is 11.1 Å². The molecule has 28 heavy (non-hydrogen) atoms. The Balaban J connectivity index is 0.00000190. The number of nitrogens with one attached hydrogen (secondary N) is 3. The SMILES string of the molecule is CC.CCC/C=C(/Nc1c(C)[nH]c(=S)[nH]c1=O)SCC(=O)c1cccc(Cl)c1. The van der Waals surface area contributed by atoms with E-state index in [1.54, 1.807) is 31.2 Å². The van der Waals surface area contributed by atoms with E-state index in [0.717, 1.165) is 17.9 Å². The quantitative estimate of drug-likeness (QED) is 0.342. The molecular weight excluding hydrogens is 414 g/mol. The number of benzene rings is 1. The Kier molecular flexibility index (Phi) is 10.9. The number of unbranched alkanes of at least 4 members (excludes halogenated alkanes) is 1. The number of allylic oxidation sites excluding steroid dienone is 1. The third kappa shape index (κ3) is 7.66. The van der Waals surface area contributed by atoms with E-state index in [1.165, 1.54) is 11.8 Å². The number of aromatic nitrogens is 2. The van der Waals surface area contributed by atoms with Gasteiger partial charge in [-0.2, -0.15) is 0 Å². The normalized spacial score (nSPS) is 10.8. The van der Waals surface area contributed by atoms with Gasteiger partial charge in [-0.05, 0) is 37.7 Å². The number of rotatable bonds is 8. The van der Waals surface area contributed by atoms with Crippen LogP contribution in [0.25, 0.3) is 0 Å². The van der Waals surface area contributed by atoms with E-state index in [1.807, 2.05) is 19.9 Å². The van der Waals surface area contributed by atoms with Crippen LogP contribution in [0.4, 0.5) is 5.69 Å². The minimum atomic E-state index is -0.296. The Morgan fingerprint density at radius 1 is 1.32 bits per heavy atom. The highest BCUT2D eigenvalue weighted by Gasteiger charge is 2.11. The number of ketones is 1. The Labute approximate surface area is 180 Å². The molecule has 152 valence electrons. The Bertz CT molecular complexity index is 936. The van der Waals surface area contributed by atoms with Crippen LogP contribution in [0.5, 0.6) is 0 Å². The number of thioether (sulfide) groups is 1. The molecule has 0 aliphatic heterocycles. The molecule has 0 saturated carbocycles. The molecule has 0 bridgehead atoms. The second kappa shape index (κ2) is 12.6. The van der Waals surface area contributed by atoms with Gasteiger partial charge in [0.2, 0.25) is 0 Å². The van der Waals surface area contributed by atoms with E-state index in [9.17, 15) is 9.59 Å². The summed E-state index contributed by atoms with van der Waals surface area (Å²) in [5, 5.41) is 4.40. The van der Waals surface area contributed by atoms with E-state index in [2.05, 4.69) is 22.2 Å². The first kappa shape index (κ1) is 24.2. The molecular formula is C20H26ClN3O2S2. The summed E-state index contributed by atoms with van der Waals surface area (Å²) in [4.78, 5) is 30.0. The Morgan fingerprint density at radius 2 is 2.04 bits per heavy atom. The van der Waals surface area contributed by atoms with Gasteiger partial charge >= 0.3 is 0 Å². The van der Waals surface area contributed by atoms with E-state index in [-0.39, 0.29) is 21.9 Å². The second-order valence-corrected chi connectivity index (χ2v) is 7.47. The average Bonchev–Trinajstić information content (AvgIpc) is 2.67. The van der Waals surface area contributed by atoms with Crippen molar-refractivity contribution in [3.63, 3.8) is 0 Å². The molecule has 0 unspecified atom stereocenters. The van der Waals surface area contributed by atoms with E-state index < -0.39 is 0 Å². The van der Waals surface area contributed by atoms with Crippen LogP contribution in [-0.2, 0) is 0 Å². The van der Waals surface area contributed by atoms with Gasteiger partial charge in [0.1, 0.15) is 5.69 Å². The van der Waals surface area contributed by atoms with Gasteiger partial charge in [-0.25, -0.2) is 0 Å². The van der Waals surface area contributed by atoms with Crippen molar-refractivity contribution in [2.45, 2.75) is 40.5 Å². The first-order valence-corrected chi connectivity index (χ1v) is 10.9. The molecule has 1 heterocycles. The first-order chi connectivity index (χ1) is 13.4. The lowest BCUT2D eigenvalue weighted by Crippen LogP contribution is -2.17. The number of aryl methyl sites for hydroxylation is 1. The van der Waals surface area contributed by atoms with Crippen molar-refractivity contribution in [3.05, 3.63) is 66.8 Å². The number of Topliss-reactive ketones (excluding diaryl/α,β-unsaturated/α-hetero) is 1. The number of carbonyl (C=O) groups excluding carboxylic acids is 1. The van der Waals surface area contributed by atoms with Crippen LogP contribution in [0.15, 0.2) is 40.2 Å². The lowest BCUT2D eigenvalue weighted by molar-refractivity contribution is 0.102. The zero-order valence-corrected chi connectivity index (χ0v) is 18.9. The first-order valence-electron chi connectivity index (χ1n) is 9.12. The lowest BCUT2D eigenvalue weighted by Gasteiger charge is -2.12. The minimum Gasteiger partial charge on any atom is -0.345 e. The van der Waals surface area contributed by atoms with Crippen LogP contribution in [0.2, 0.25) is 5.02 Å². The molecule has 8 heteroatoms. The maximum absolute atomic E-state index is 12.4. The molecule has 5 nitrogen and oxygen atoms in total. The molecule has 3 N–H and O–H groups in total. The summed E-state index contributed by atoms with van der Waals surface area (Å²) < 4.78 is 0.279. The number of anilines is 1. The molecule has 0 radical (unpaired) electrons. The zero-order chi connectivity index (χ0) is 21.1. The third-order valence-electron chi connectivity index (χ3n) is 3.50. The van der Waals surface area contributed by atoms with Gasteiger partial charge in [0.05, 0.1) is 10.8 Å². The van der Waals surface area contributed by atoms with Crippen LogP contribution < -0.4 is 10.9 Å². The summed E-state index contributed by atoms with van der Waals surface area (Å²) in [6, 6.07) is 6.87. The minimum absolute atomic E-state index is 0.0280. The van der Waals surface area contributed by atoms with Crippen LogP contribution in [0, 0.1) is 11.7 Å². The van der Waals surface area contributed by atoms with Crippen molar-refractivity contribution < 1.29 is 4.79 Å². The highest BCUT2D eigenvalue weighted by molar-refractivity contribution is 8.03. The highest BCUT2D eigenvalue weighted by Crippen LogP contribution is 2.22. The molecule has 0 spiro atoms. The van der Waals surface area contributed by atoms with Gasteiger partial charge in [0, 0.05) is 16.3 Å². The van der Waals surface area contributed by atoms with Crippen molar-refractivity contribution in [2.24, 2.45) is 0 Å². The van der Waals surface area contributed by atoms with Crippen molar-refractivity contribution in [1.82, 2.24) is 9.97 Å². The van der Waals surface area contributed by atoms with Crippen LogP contribution in [-0.4, -0.2) is 21.5 Å². The fraction of sp³-hybridized carbons (Fsp3) is 0.350. The standard InChI is InChI=1S/C18H20ClN3O2S2.C2H6/c1-3-4-8-15(21-16-11(2)20-18(25)22-17(16)24)26-10-14(23)12-6-5-7-13(19)9-12;1-2/h5-9,21H,3-4,10H2,1-2H3,(H2,20,22,24,25);1-2H3/b15-8-;. The number of H-pyrrole nitrogens is 2. The number of hydrogen-bond acceptors (Lipinski definition) is 5. The predicted octanol–water partition coefficient (Wildman–Crippen LogP) is 6.09. The molecule has 0 atom stereocenters. The summed E-state index contributed by atoms with van der Waals surface area (Å²) in [6.07, 6.45) is 3.78. The van der Waals surface area contributed by atoms with E-state index >= 15 is 0 Å². The molecule has 0 saturated heterocycles. The van der Waals surface area contributed by atoms with Gasteiger partial charge in [0.25, 0.3) is 5.56 Å². The maximum Gasteiger partial charge on any atom is 0.275 e. The smallest absolute Gasteiger partial charge is 0.275 e. The van der Waals surface area contributed by atoms with Gasteiger partial charge < -0.3 is 10.3 Å².